The van der Waals surface area contributed by atoms with Crippen LogP contribution in [0.1, 0.15) is 45.6 Å². The van der Waals surface area contributed by atoms with Crippen LogP contribution in [0.2, 0.25) is 0 Å². The van der Waals surface area contributed by atoms with Crippen LogP contribution in [0, 0.1) is 17.8 Å². The van der Waals surface area contributed by atoms with Crippen LogP contribution in [-0.4, -0.2) is 5.11 Å². The van der Waals surface area contributed by atoms with E-state index in [9.17, 15) is 5.11 Å². The van der Waals surface area contributed by atoms with Gasteiger partial charge in [0.1, 0.15) is 0 Å². The van der Waals surface area contributed by atoms with Crippen LogP contribution >= 0.6 is 11.3 Å². The minimum absolute atomic E-state index is 0.367. The third-order valence-corrected chi connectivity index (χ3v) is 5.96. The fourth-order valence-corrected chi connectivity index (χ4v) is 5.01. The molecule has 3 atom stereocenters. The number of aliphatic hydroxyl groups is 1. The molecule has 1 fully saturated rings. The van der Waals surface area contributed by atoms with E-state index < -0.39 is 5.60 Å². The zero-order chi connectivity index (χ0) is 14.3. The molecule has 20 heavy (non-hydrogen) atoms. The lowest BCUT2D eigenvalue weighted by atomic mass is 9.64. The monoisotopic (exact) mass is 288 g/mol. The summed E-state index contributed by atoms with van der Waals surface area (Å²) in [5.74, 6) is 1.49. The van der Waals surface area contributed by atoms with Crippen molar-refractivity contribution in [2.45, 2.75) is 45.6 Å². The molecule has 2 heteroatoms. The number of fused-ring (bicyclic) bond motifs is 1. The van der Waals surface area contributed by atoms with E-state index in [2.05, 4.69) is 50.4 Å². The first-order valence-electron chi connectivity index (χ1n) is 7.71. The maximum atomic E-state index is 11.6. The van der Waals surface area contributed by atoms with Crippen LogP contribution in [0.15, 0.2) is 29.6 Å². The van der Waals surface area contributed by atoms with Crippen molar-refractivity contribution in [3.05, 3.63) is 35.2 Å². The second-order valence-electron chi connectivity index (χ2n) is 6.81. The minimum atomic E-state index is -0.657. The average molecular weight is 288 g/mol. The van der Waals surface area contributed by atoms with Crippen molar-refractivity contribution < 1.29 is 5.11 Å². The van der Waals surface area contributed by atoms with Gasteiger partial charge in [0, 0.05) is 10.3 Å². The Balaban J connectivity index is 2.14. The first-order valence-corrected chi connectivity index (χ1v) is 8.59. The summed E-state index contributed by atoms with van der Waals surface area (Å²) in [6, 6.07) is 8.55. The molecule has 0 amide bonds. The maximum absolute atomic E-state index is 11.6. The standard InChI is InChI=1S/C18H24OS/c1-12(2)15-8-7-13(3)11-18(15,19)16-6-4-5-14-9-10-20-17(14)16/h4-6,9-10,12-13,15,19H,7-8,11H2,1-3H3. The van der Waals surface area contributed by atoms with E-state index >= 15 is 0 Å². The Kier molecular flexibility index (Phi) is 3.64. The molecule has 3 unspecified atom stereocenters. The molecule has 0 spiro atoms. The van der Waals surface area contributed by atoms with Crippen molar-refractivity contribution in [1.82, 2.24) is 0 Å². The highest BCUT2D eigenvalue weighted by Crippen LogP contribution is 2.49. The van der Waals surface area contributed by atoms with E-state index in [1.807, 2.05) is 0 Å². The van der Waals surface area contributed by atoms with Gasteiger partial charge in [-0.05, 0) is 47.4 Å². The Morgan fingerprint density at radius 1 is 1.25 bits per heavy atom. The highest BCUT2D eigenvalue weighted by molar-refractivity contribution is 7.17. The van der Waals surface area contributed by atoms with E-state index in [-0.39, 0.29) is 0 Å². The van der Waals surface area contributed by atoms with E-state index in [1.165, 1.54) is 16.5 Å². The number of hydrogen-bond donors (Lipinski definition) is 1. The highest BCUT2D eigenvalue weighted by atomic mass is 32.1. The van der Waals surface area contributed by atoms with Gasteiger partial charge in [0.25, 0.3) is 0 Å². The number of hydrogen-bond acceptors (Lipinski definition) is 2. The molecule has 1 aromatic carbocycles. The lowest BCUT2D eigenvalue weighted by molar-refractivity contribution is -0.0853. The molecule has 0 radical (unpaired) electrons. The molecular weight excluding hydrogens is 264 g/mol. The Morgan fingerprint density at radius 3 is 2.80 bits per heavy atom. The third kappa shape index (κ3) is 2.19. The molecule has 1 aliphatic rings. The summed E-state index contributed by atoms with van der Waals surface area (Å²) in [6.07, 6.45) is 3.27. The van der Waals surface area contributed by atoms with Gasteiger partial charge in [-0.3, -0.25) is 0 Å². The lowest BCUT2D eigenvalue weighted by Gasteiger charge is -2.45. The first-order chi connectivity index (χ1) is 9.52. The Hall–Kier alpha value is -0.860. The van der Waals surface area contributed by atoms with Crippen molar-refractivity contribution in [3.8, 4) is 0 Å². The van der Waals surface area contributed by atoms with Crippen LogP contribution in [-0.2, 0) is 5.60 Å². The fraction of sp³-hybridized carbons (Fsp3) is 0.556. The zero-order valence-electron chi connectivity index (χ0n) is 12.6. The van der Waals surface area contributed by atoms with Crippen molar-refractivity contribution in [2.24, 2.45) is 17.8 Å². The van der Waals surface area contributed by atoms with Gasteiger partial charge in [-0.15, -0.1) is 11.3 Å². The van der Waals surface area contributed by atoms with Gasteiger partial charge in [0.2, 0.25) is 0 Å². The van der Waals surface area contributed by atoms with Crippen LogP contribution in [0.5, 0.6) is 0 Å². The molecule has 0 aliphatic heterocycles. The van der Waals surface area contributed by atoms with Gasteiger partial charge in [-0.1, -0.05) is 45.4 Å². The normalized spacial score (nSPS) is 31.1. The van der Waals surface area contributed by atoms with Crippen LogP contribution < -0.4 is 0 Å². The highest BCUT2D eigenvalue weighted by Gasteiger charge is 2.44. The number of thiophene rings is 1. The second kappa shape index (κ2) is 5.16. The van der Waals surface area contributed by atoms with Gasteiger partial charge < -0.3 is 5.11 Å². The molecule has 1 saturated carbocycles. The third-order valence-electron chi connectivity index (χ3n) is 4.99. The summed E-state index contributed by atoms with van der Waals surface area (Å²) in [5, 5.41) is 15.0. The topological polar surface area (TPSA) is 20.2 Å². The molecule has 1 heterocycles. The number of rotatable bonds is 2. The molecule has 1 N–H and O–H groups in total. The largest absolute Gasteiger partial charge is 0.385 e. The van der Waals surface area contributed by atoms with Crippen LogP contribution in [0.3, 0.4) is 0 Å². The number of benzene rings is 1. The molecule has 0 bridgehead atoms. The molecule has 1 aliphatic carbocycles. The zero-order valence-corrected chi connectivity index (χ0v) is 13.4. The average Bonchev–Trinajstić information content (AvgIpc) is 2.85. The quantitative estimate of drug-likeness (QED) is 0.807. The van der Waals surface area contributed by atoms with Crippen molar-refractivity contribution in [2.75, 3.05) is 0 Å². The smallest absolute Gasteiger partial charge is 0.0943 e. The summed E-state index contributed by atoms with van der Waals surface area (Å²) in [4.78, 5) is 0. The molecular formula is C18H24OS. The van der Waals surface area contributed by atoms with Gasteiger partial charge in [0.15, 0.2) is 0 Å². The van der Waals surface area contributed by atoms with Crippen molar-refractivity contribution >= 4 is 21.4 Å². The van der Waals surface area contributed by atoms with E-state index in [1.54, 1.807) is 11.3 Å². The predicted octanol–water partition coefficient (Wildman–Crippen LogP) is 5.18. The van der Waals surface area contributed by atoms with Crippen LogP contribution in [0.4, 0.5) is 0 Å². The SMILES string of the molecule is CC1CCC(C(C)C)C(O)(c2cccc3ccsc23)C1. The Labute approximate surface area is 125 Å². The summed E-state index contributed by atoms with van der Waals surface area (Å²) in [5.41, 5.74) is 0.506. The predicted molar refractivity (Wildman–Crippen MR) is 87.1 cm³/mol. The van der Waals surface area contributed by atoms with Gasteiger partial charge in [-0.2, -0.15) is 0 Å². The van der Waals surface area contributed by atoms with E-state index in [0.717, 1.165) is 18.4 Å². The summed E-state index contributed by atoms with van der Waals surface area (Å²) < 4.78 is 1.27. The molecule has 1 nitrogen and oxygen atoms in total. The van der Waals surface area contributed by atoms with Gasteiger partial charge in [-0.25, -0.2) is 0 Å². The minimum Gasteiger partial charge on any atom is -0.385 e. The summed E-state index contributed by atoms with van der Waals surface area (Å²) in [7, 11) is 0. The molecule has 3 rings (SSSR count). The fourth-order valence-electron chi connectivity index (χ4n) is 4.02. The first kappa shape index (κ1) is 14.1. The Bertz CT molecular complexity index is 600. The van der Waals surface area contributed by atoms with Crippen LogP contribution in [0.25, 0.3) is 10.1 Å². The second-order valence-corrected chi connectivity index (χ2v) is 7.72. The Morgan fingerprint density at radius 2 is 2.05 bits per heavy atom. The van der Waals surface area contributed by atoms with Gasteiger partial charge in [0.05, 0.1) is 5.60 Å². The molecule has 108 valence electrons. The molecule has 2 aromatic rings. The summed E-state index contributed by atoms with van der Waals surface area (Å²) in [6.45, 7) is 6.77. The van der Waals surface area contributed by atoms with Crippen molar-refractivity contribution in [1.29, 1.82) is 0 Å². The lowest BCUT2D eigenvalue weighted by Crippen LogP contribution is -2.43. The van der Waals surface area contributed by atoms with Crippen molar-refractivity contribution in [3.63, 3.8) is 0 Å². The maximum Gasteiger partial charge on any atom is 0.0943 e. The molecule has 0 saturated heterocycles. The van der Waals surface area contributed by atoms with E-state index in [4.69, 9.17) is 0 Å². The van der Waals surface area contributed by atoms with Gasteiger partial charge >= 0.3 is 0 Å². The van der Waals surface area contributed by atoms with E-state index in [0.29, 0.717) is 17.8 Å². The summed E-state index contributed by atoms with van der Waals surface area (Å²) >= 11 is 1.76. The molecule has 1 aromatic heterocycles.